The largest absolute Gasteiger partial charge is 0.256 e. The molecule has 0 aliphatic heterocycles. The Kier molecular flexibility index (Phi) is 10.3. The minimum absolute atomic E-state index is 1.10. The van der Waals surface area contributed by atoms with Crippen molar-refractivity contribution in [2.24, 2.45) is 0 Å². The summed E-state index contributed by atoms with van der Waals surface area (Å²) in [4.78, 5) is 0. The highest BCUT2D eigenvalue weighted by atomic mass is 15.1. The zero-order valence-electron chi connectivity index (χ0n) is 14.7. The maximum Gasteiger partial charge on any atom is 0.256 e. The molecule has 0 bridgehead atoms. The minimum atomic E-state index is 1.10. The van der Waals surface area contributed by atoms with Crippen LogP contribution in [0.15, 0.2) is 12.4 Å². The summed E-state index contributed by atoms with van der Waals surface area (Å²) in [5.41, 5.74) is 0. The van der Waals surface area contributed by atoms with Crippen LogP contribution in [-0.2, 0) is 19.5 Å². The lowest BCUT2D eigenvalue weighted by atomic mass is 10.1. The molecule has 122 valence electrons. The molecular formula is C19H37N2+. The predicted molar refractivity (Wildman–Crippen MR) is 91.5 cm³/mol. The summed E-state index contributed by atoms with van der Waals surface area (Å²) in [6.07, 6.45) is 19.6. The van der Waals surface area contributed by atoms with E-state index >= 15 is 0 Å². The second-order valence-electron chi connectivity index (χ2n) is 6.27. The fraction of sp³-hybridized carbons (Fsp3) is 0.842. The smallest absolute Gasteiger partial charge is 0.235 e. The van der Waals surface area contributed by atoms with Crippen molar-refractivity contribution in [3.05, 3.63) is 18.2 Å². The lowest BCUT2D eigenvalue weighted by Gasteiger charge is -2.04. The van der Waals surface area contributed by atoms with Gasteiger partial charge in [0.1, 0.15) is 12.4 Å². The Morgan fingerprint density at radius 1 is 0.810 bits per heavy atom. The SMILES string of the molecule is CCCCCCCCCC[n+]1ccn(CC)c1CCCC. The van der Waals surface area contributed by atoms with Gasteiger partial charge in [-0.2, -0.15) is 0 Å². The molecule has 1 heterocycles. The van der Waals surface area contributed by atoms with Gasteiger partial charge in [0, 0.05) is 6.42 Å². The van der Waals surface area contributed by atoms with Crippen LogP contribution in [0.4, 0.5) is 0 Å². The third-order valence-corrected chi connectivity index (χ3v) is 4.44. The Hall–Kier alpha value is -0.790. The van der Waals surface area contributed by atoms with E-state index < -0.39 is 0 Å². The zero-order chi connectivity index (χ0) is 15.3. The van der Waals surface area contributed by atoms with Crippen molar-refractivity contribution >= 4 is 0 Å². The van der Waals surface area contributed by atoms with Gasteiger partial charge in [-0.3, -0.25) is 0 Å². The van der Waals surface area contributed by atoms with Crippen molar-refractivity contribution < 1.29 is 4.57 Å². The molecule has 0 saturated heterocycles. The molecule has 0 fully saturated rings. The number of nitrogens with zero attached hydrogens (tertiary/aromatic N) is 2. The molecule has 0 atom stereocenters. The maximum absolute atomic E-state index is 2.50. The number of imidazole rings is 1. The Labute approximate surface area is 132 Å². The molecule has 1 aromatic heterocycles. The van der Waals surface area contributed by atoms with Crippen LogP contribution in [0.5, 0.6) is 0 Å². The maximum atomic E-state index is 2.50. The molecular weight excluding hydrogens is 256 g/mol. The molecule has 0 saturated carbocycles. The fourth-order valence-electron chi connectivity index (χ4n) is 3.03. The van der Waals surface area contributed by atoms with Gasteiger partial charge in [0.25, 0.3) is 5.82 Å². The Morgan fingerprint density at radius 3 is 2.05 bits per heavy atom. The average Bonchev–Trinajstić information content (AvgIpc) is 2.89. The standard InChI is InChI=1S/C19H37N2/c1-4-7-9-10-11-12-13-14-16-21-18-17-20(6-3)19(21)15-8-5-2/h17-18H,4-16H2,1-3H3/q+1. The predicted octanol–water partition coefficient (Wildman–Crippen LogP) is 5.28. The van der Waals surface area contributed by atoms with Crippen LogP contribution in [0.25, 0.3) is 0 Å². The van der Waals surface area contributed by atoms with E-state index in [9.17, 15) is 0 Å². The second kappa shape index (κ2) is 11.8. The van der Waals surface area contributed by atoms with Crippen molar-refractivity contribution in [2.45, 2.75) is 104 Å². The molecule has 0 unspecified atom stereocenters. The topological polar surface area (TPSA) is 8.81 Å². The van der Waals surface area contributed by atoms with E-state index in [-0.39, 0.29) is 0 Å². The molecule has 21 heavy (non-hydrogen) atoms. The summed E-state index contributed by atoms with van der Waals surface area (Å²) in [7, 11) is 0. The summed E-state index contributed by atoms with van der Waals surface area (Å²) in [6, 6.07) is 0. The van der Waals surface area contributed by atoms with Crippen molar-refractivity contribution in [3.63, 3.8) is 0 Å². The number of hydrogen-bond acceptors (Lipinski definition) is 0. The Morgan fingerprint density at radius 2 is 1.43 bits per heavy atom. The Bertz CT molecular complexity index is 354. The normalized spacial score (nSPS) is 11.2. The van der Waals surface area contributed by atoms with Gasteiger partial charge in [-0.1, -0.05) is 58.8 Å². The molecule has 2 nitrogen and oxygen atoms in total. The third kappa shape index (κ3) is 7.15. The van der Waals surface area contributed by atoms with E-state index in [0.29, 0.717) is 0 Å². The summed E-state index contributed by atoms with van der Waals surface area (Å²) in [5.74, 6) is 1.53. The van der Waals surface area contributed by atoms with Gasteiger partial charge in [0.15, 0.2) is 0 Å². The molecule has 0 aliphatic carbocycles. The zero-order valence-corrected chi connectivity index (χ0v) is 14.7. The summed E-state index contributed by atoms with van der Waals surface area (Å²) in [6.45, 7) is 9.12. The molecule has 1 rings (SSSR count). The van der Waals surface area contributed by atoms with E-state index in [1.54, 1.807) is 0 Å². The van der Waals surface area contributed by atoms with Crippen LogP contribution in [0.3, 0.4) is 0 Å². The van der Waals surface area contributed by atoms with Crippen LogP contribution in [0, 0.1) is 0 Å². The molecule has 0 N–H and O–H groups in total. The van der Waals surface area contributed by atoms with Crippen molar-refractivity contribution in [2.75, 3.05) is 0 Å². The summed E-state index contributed by atoms with van der Waals surface area (Å²) in [5, 5.41) is 0. The summed E-state index contributed by atoms with van der Waals surface area (Å²) < 4.78 is 4.91. The van der Waals surface area contributed by atoms with E-state index in [2.05, 4.69) is 42.3 Å². The van der Waals surface area contributed by atoms with Gasteiger partial charge in [0.05, 0.1) is 13.1 Å². The minimum Gasteiger partial charge on any atom is -0.235 e. The van der Waals surface area contributed by atoms with E-state index in [1.165, 1.54) is 83.0 Å². The second-order valence-corrected chi connectivity index (χ2v) is 6.27. The molecule has 2 heteroatoms. The third-order valence-electron chi connectivity index (χ3n) is 4.44. The fourth-order valence-corrected chi connectivity index (χ4v) is 3.03. The molecule has 0 amide bonds. The van der Waals surface area contributed by atoms with Crippen LogP contribution in [-0.4, -0.2) is 4.57 Å². The molecule has 0 aliphatic rings. The van der Waals surface area contributed by atoms with Gasteiger partial charge < -0.3 is 0 Å². The highest BCUT2D eigenvalue weighted by molar-refractivity contribution is 4.83. The lowest BCUT2D eigenvalue weighted by molar-refractivity contribution is -0.704. The van der Waals surface area contributed by atoms with Gasteiger partial charge >= 0.3 is 0 Å². The van der Waals surface area contributed by atoms with Crippen molar-refractivity contribution in [3.8, 4) is 0 Å². The van der Waals surface area contributed by atoms with E-state index in [4.69, 9.17) is 0 Å². The first-order valence-corrected chi connectivity index (χ1v) is 9.40. The van der Waals surface area contributed by atoms with Gasteiger partial charge in [0.2, 0.25) is 0 Å². The van der Waals surface area contributed by atoms with Crippen LogP contribution < -0.4 is 4.57 Å². The first-order valence-electron chi connectivity index (χ1n) is 9.40. The highest BCUT2D eigenvalue weighted by Gasteiger charge is 2.14. The van der Waals surface area contributed by atoms with Crippen molar-refractivity contribution in [1.82, 2.24) is 4.57 Å². The highest BCUT2D eigenvalue weighted by Crippen LogP contribution is 2.09. The average molecular weight is 294 g/mol. The Balaban J connectivity index is 2.23. The van der Waals surface area contributed by atoms with Gasteiger partial charge in [-0.05, 0) is 26.2 Å². The number of aryl methyl sites for hydroxylation is 2. The van der Waals surface area contributed by atoms with Gasteiger partial charge in [-0.15, -0.1) is 0 Å². The first-order chi connectivity index (χ1) is 10.3. The first kappa shape index (κ1) is 18.3. The summed E-state index contributed by atoms with van der Waals surface area (Å²) >= 11 is 0. The monoisotopic (exact) mass is 293 g/mol. The van der Waals surface area contributed by atoms with Gasteiger partial charge in [-0.25, -0.2) is 9.13 Å². The van der Waals surface area contributed by atoms with E-state index in [1.807, 2.05) is 0 Å². The molecule has 0 spiro atoms. The molecule has 1 aromatic rings. The lowest BCUT2D eigenvalue weighted by Crippen LogP contribution is -2.37. The number of rotatable bonds is 13. The number of unbranched alkanes of at least 4 members (excludes halogenated alkanes) is 8. The number of hydrogen-bond donors (Lipinski definition) is 0. The van der Waals surface area contributed by atoms with Crippen LogP contribution >= 0.6 is 0 Å². The van der Waals surface area contributed by atoms with E-state index in [0.717, 1.165) is 6.54 Å². The quantitative estimate of drug-likeness (QED) is 0.346. The molecule has 0 aromatic carbocycles. The van der Waals surface area contributed by atoms with Crippen LogP contribution in [0.1, 0.15) is 90.8 Å². The molecule has 0 radical (unpaired) electrons. The van der Waals surface area contributed by atoms with Crippen molar-refractivity contribution in [1.29, 1.82) is 0 Å². The number of aromatic nitrogens is 2. The van der Waals surface area contributed by atoms with Crippen LogP contribution in [0.2, 0.25) is 0 Å².